The Morgan fingerprint density at radius 1 is 1.00 bits per heavy atom. The Labute approximate surface area is 80.9 Å². The van der Waals surface area contributed by atoms with Gasteiger partial charge in [0.15, 0.2) is 0 Å². The number of hydrogen-bond donors (Lipinski definition) is 4. The van der Waals surface area contributed by atoms with Crippen LogP contribution < -0.4 is 10.6 Å². The normalized spacial score (nSPS) is 13.6. The van der Waals surface area contributed by atoms with Gasteiger partial charge < -0.3 is 20.8 Å². The monoisotopic (exact) mass is 200 g/mol. The molecule has 0 saturated heterocycles. The van der Waals surface area contributed by atoms with Crippen LogP contribution in [0.15, 0.2) is 25.3 Å². The van der Waals surface area contributed by atoms with Crippen LogP contribution in [0.4, 0.5) is 0 Å². The molecule has 78 valence electrons. The van der Waals surface area contributed by atoms with Crippen molar-refractivity contribution in [3.8, 4) is 0 Å². The molecule has 0 radical (unpaired) electrons. The predicted octanol–water partition coefficient (Wildman–Crippen LogP) is -1.77. The highest BCUT2D eigenvalue weighted by Gasteiger charge is 2.16. The third kappa shape index (κ3) is 4.39. The summed E-state index contributed by atoms with van der Waals surface area (Å²) in [6.07, 6.45) is -0.521. The highest BCUT2D eigenvalue weighted by molar-refractivity contribution is 6.35. The van der Waals surface area contributed by atoms with Crippen LogP contribution in [0.2, 0.25) is 0 Å². The molecule has 2 amide bonds. The van der Waals surface area contributed by atoms with Gasteiger partial charge in [0, 0.05) is 0 Å². The fourth-order valence-corrected chi connectivity index (χ4v) is 0.518. The van der Waals surface area contributed by atoms with Crippen molar-refractivity contribution in [2.24, 2.45) is 0 Å². The Morgan fingerprint density at radius 2 is 1.29 bits per heavy atom. The summed E-state index contributed by atoms with van der Waals surface area (Å²) in [5, 5.41) is 21.5. The molecule has 0 aliphatic carbocycles. The molecule has 0 aromatic heterocycles. The van der Waals surface area contributed by atoms with Crippen molar-refractivity contribution in [2.75, 3.05) is 0 Å². The van der Waals surface area contributed by atoms with Gasteiger partial charge in [-0.1, -0.05) is 13.2 Å². The zero-order chi connectivity index (χ0) is 11.1. The van der Waals surface area contributed by atoms with Gasteiger partial charge in [-0.15, -0.1) is 0 Å². The average molecular weight is 200 g/mol. The van der Waals surface area contributed by atoms with Gasteiger partial charge in [-0.25, -0.2) is 0 Å². The summed E-state index contributed by atoms with van der Waals surface area (Å²) >= 11 is 0. The minimum atomic E-state index is -1.30. The first-order valence-electron chi connectivity index (χ1n) is 3.74. The van der Waals surface area contributed by atoms with Crippen molar-refractivity contribution in [1.82, 2.24) is 10.6 Å². The quantitative estimate of drug-likeness (QED) is 0.245. The molecular formula is C8H12N2O4. The Hall–Kier alpha value is -1.66. The SMILES string of the molecule is C=CC(O)NC(=O)C(=O)NC(O)C=C. The van der Waals surface area contributed by atoms with Gasteiger partial charge >= 0.3 is 11.8 Å². The molecule has 0 spiro atoms. The second kappa shape index (κ2) is 5.90. The van der Waals surface area contributed by atoms with Crippen LogP contribution in [0.5, 0.6) is 0 Å². The van der Waals surface area contributed by atoms with E-state index in [4.69, 9.17) is 10.2 Å². The molecule has 0 aliphatic rings. The van der Waals surface area contributed by atoms with Gasteiger partial charge in [-0.2, -0.15) is 0 Å². The summed E-state index contributed by atoms with van der Waals surface area (Å²) in [7, 11) is 0. The van der Waals surface area contributed by atoms with Crippen LogP contribution in [0, 0.1) is 0 Å². The minimum absolute atomic E-state index is 1.04. The minimum Gasteiger partial charge on any atom is -0.370 e. The summed E-state index contributed by atoms with van der Waals surface area (Å²) < 4.78 is 0. The number of rotatable bonds is 4. The molecule has 14 heavy (non-hydrogen) atoms. The Balaban J connectivity index is 4.06. The number of carbonyl (C=O) groups is 2. The van der Waals surface area contributed by atoms with Crippen LogP contribution in [0.25, 0.3) is 0 Å². The van der Waals surface area contributed by atoms with Crippen molar-refractivity contribution < 1.29 is 19.8 Å². The lowest BCUT2D eigenvalue weighted by Crippen LogP contribution is -2.46. The van der Waals surface area contributed by atoms with E-state index in [1.165, 1.54) is 0 Å². The maximum atomic E-state index is 10.9. The number of hydrogen-bond acceptors (Lipinski definition) is 4. The van der Waals surface area contributed by atoms with E-state index in [0.717, 1.165) is 12.2 Å². The Kier molecular flexibility index (Phi) is 5.20. The van der Waals surface area contributed by atoms with E-state index in [1.54, 1.807) is 0 Å². The van der Waals surface area contributed by atoms with Gasteiger partial charge in [0.1, 0.15) is 12.5 Å². The Morgan fingerprint density at radius 3 is 1.50 bits per heavy atom. The smallest absolute Gasteiger partial charge is 0.311 e. The van der Waals surface area contributed by atoms with E-state index < -0.39 is 24.3 Å². The molecule has 0 aromatic rings. The summed E-state index contributed by atoms with van der Waals surface area (Å²) in [4.78, 5) is 21.8. The fraction of sp³-hybridized carbons (Fsp3) is 0.250. The van der Waals surface area contributed by atoms with E-state index in [1.807, 2.05) is 10.6 Å². The first-order valence-corrected chi connectivity index (χ1v) is 3.74. The van der Waals surface area contributed by atoms with Gasteiger partial charge in [0.25, 0.3) is 0 Å². The lowest BCUT2D eigenvalue weighted by molar-refractivity contribution is -0.141. The van der Waals surface area contributed by atoms with E-state index in [9.17, 15) is 9.59 Å². The number of aliphatic hydroxyl groups is 2. The van der Waals surface area contributed by atoms with Crippen molar-refractivity contribution >= 4 is 11.8 Å². The first kappa shape index (κ1) is 12.3. The van der Waals surface area contributed by atoms with Crippen LogP contribution >= 0.6 is 0 Å². The van der Waals surface area contributed by atoms with Crippen molar-refractivity contribution in [3.05, 3.63) is 25.3 Å². The van der Waals surface area contributed by atoms with Gasteiger partial charge in [-0.05, 0) is 12.2 Å². The number of carbonyl (C=O) groups excluding carboxylic acids is 2. The highest BCUT2D eigenvalue weighted by Crippen LogP contribution is 1.81. The summed E-state index contributed by atoms with van der Waals surface area (Å²) in [6, 6.07) is 0. The fourth-order valence-electron chi connectivity index (χ4n) is 0.518. The van der Waals surface area contributed by atoms with Crippen molar-refractivity contribution in [2.45, 2.75) is 12.5 Å². The van der Waals surface area contributed by atoms with Crippen LogP contribution in [0.1, 0.15) is 0 Å². The molecule has 2 atom stereocenters. The maximum Gasteiger partial charge on any atom is 0.311 e. The van der Waals surface area contributed by atoms with Gasteiger partial charge in [0.2, 0.25) is 0 Å². The highest BCUT2D eigenvalue weighted by atomic mass is 16.3. The topological polar surface area (TPSA) is 98.7 Å². The molecule has 0 bridgehead atoms. The van der Waals surface area contributed by atoms with Gasteiger partial charge in [-0.3, -0.25) is 9.59 Å². The van der Waals surface area contributed by atoms with E-state index in [-0.39, 0.29) is 0 Å². The molecule has 4 N–H and O–H groups in total. The molecule has 6 nitrogen and oxygen atoms in total. The first-order chi connectivity index (χ1) is 6.51. The lowest BCUT2D eigenvalue weighted by Gasteiger charge is -2.10. The predicted molar refractivity (Wildman–Crippen MR) is 48.7 cm³/mol. The third-order valence-electron chi connectivity index (χ3n) is 1.21. The molecule has 6 heteroatoms. The molecule has 0 rings (SSSR count). The summed E-state index contributed by atoms with van der Waals surface area (Å²) in [6.45, 7) is 6.38. The van der Waals surface area contributed by atoms with Crippen molar-refractivity contribution in [1.29, 1.82) is 0 Å². The van der Waals surface area contributed by atoms with Crippen LogP contribution in [0.3, 0.4) is 0 Å². The third-order valence-corrected chi connectivity index (χ3v) is 1.21. The molecule has 0 saturated carbocycles. The molecule has 0 heterocycles. The molecule has 2 unspecified atom stereocenters. The number of aliphatic hydroxyl groups excluding tert-OH is 2. The number of nitrogens with one attached hydrogen (secondary N) is 2. The zero-order valence-electron chi connectivity index (χ0n) is 7.43. The lowest BCUT2D eigenvalue weighted by atomic mass is 10.4. The van der Waals surface area contributed by atoms with Crippen LogP contribution in [-0.2, 0) is 9.59 Å². The largest absolute Gasteiger partial charge is 0.370 e. The molecule has 0 aromatic carbocycles. The number of amides is 2. The van der Waals surface area contributed by atoms with Crippen molar-refractivity contribution in [3.63, 3.8) is 0 Å². The standard InChI is InChI=1S/C8H12N2O4/c1-3-5(11)9-7(13)8(14)10-6(12)4-2/h3-6,11-12H,1-2H2,(H,9,13)(H,10,14). The van der Waals surface area contributed by atoms with E-state index >= 15 is 0 Å². The Bertz CT molecular complexity index is 226. The maximum absolute atomic E-state index is 10.9. The van der Waals surface area contributed by atoms with E-state index in [0.29, 0.717) is 0 Å². The summed E-state index contributed by atoms with van der Waals surface area (Å²) in [5.41, 5.74) is 0. The van der Waals surface area contributed by atoms with Gasteiger partial charge in [0.05, 0.1) is 0 Å². The summed E-state index contributed by atoms with van der Waals surface area (Å²) in [5.74, 6) is -2.14. The zero-order valence-corrected chi connectivity index (χ0v) is 7.43. The molecular weight excluding hydrogens is 188 g/mol. The second-order valence-electron chi connectivity index (χ2n) is 2.31. The van der Waals surface area contributed by atoms with Crippen LogP contribution in [-0.4, -0.2) is 34.5 Å². The van der Waals surface area contributed by atoms with E-state index in [2.05, 4.69) is 13.2 Å². The molecule has 0 fully saturated rings. The average Bonchev–Trinajstić information content (AvgIpc) is 2.17. The molecule has 0 aliphatic heterocycles. The second-order valence-corrected chi connectivity index (χ2v) is 2.31.